The number of nitrogens with zero attached hydrogens (tertiary/aromatic N) is 9. The molecule has 3 aromatic rings. The molecule has 19 heteroatoms. The number of amides is 2. The van der Waals surface area contributed by atoms with Crippen molar-refractivity contribution < 1.29 is 42.7 Å². The highest BCUT2D eigenvalue weighted by atomic mass is 127. The van der Waals surface area contributed by atoms with E-state index in [2.05, 4.69) is 20.6 Å². The summed E-state index contributed by atoms with van der Waals surface area (Å²) in [5, 5.41) is 29.0. The van der Waals surface area contributed by atoms with E-state index in [-0.39, 0.29) is 62.6 Å². The van der Waals surface area contributed by atoms with Crippen LogP contribution in [0.2, 0.25) is 0 Å². The number of β-amino-alcohol motifs (C(OH)–C–C–N with tert-alkyl or cyclic N) is 1. The normalized spacial score (nSPS) is 19.8. The maximum atomic E-state index is 15.3. The molecule has 4 heterocycles. The second-order valence-corrected chi connectivity index (χ2v) is 10.9. The van der Waals surface area contributed by atoms with Crippen LogP contribution in [0.5, 0.6) is 0 Å². The molecule has 0 spiro atoms. The summed E-state index contributed by atoms with van der Waals surface area (Å²) in [5.74, 6) is -1.79. The Bertz CT molecular complexity index is 1570. The lowest BCUT2D eigenvalue weighted by Crippen LogP contribution is -2.55. The Morgan fingerprint density at radius 3 is 2.64 bits per heavy atom. The molecule has 3 aliphatic rings. The quantitative estimate of drug-likeness (QED) is 0.183. The molecule has 1 N–H and O–H groups in total. The summed E-state index contributed by atoms with van der Waals surface area (Å²) in [5.41, 5.74) is -0.937. The lowest BCUT2D eigenvalue weighted by molar-refractivity contribution is -0.330. The SMILES string of the molecule is C[C@@H](N1CCN(c2ccc(-n3cnnn3)cc2)C1=O)[C@](O)(CN1CN(COC(=O)OC2CCOOC2)C=N1)c1ccc(F)cc1F.I. The molecule has 252 valence electrons. The third-order valence-electron chi connectivity index (χ3n) is 7.99. The zero-order valence-corrected chi connectivity index (χ0v) is 27.4. The molecule has 16 nitrogen and oxygen atoms in total. The summed E-state index contributed by atoms with van der Waals surface area (Å²) in [6.07, 6.45) is 1.91. The van der Waals surface area contributed by atoms with Crippen LogP contribution in [0, 0.1) is 11.6 Å². The predicted octanol–water partition coefficient (Wildman–Crippen LogP) is 2.43. The van der Waals surface area contributed by atoms with Gasteiger partial charge in [0.2, 0.25) is 0 Å². The molecule has 3 atom stereocenters. The highest BCUT2D eigenvalue weighted by molar-refractivity contribution is 14.0. The van der Waals surface area contributed by atoms with E-state index in [0.717, 1.165) is 12.1 Å². The fourth-order valence-corrected chi connectivity index (χ4v) is 5.48. The number of carbonyl (C=O) groups is 2. The van der Waals surface area contributed by atoms with Crippen LogP contribution < -0.4 is 4.90 Å². The largest absolute Gasteiger partial charge is 0.510 e. The van der Waals surface area contributed by atoms with Gasteiger partial charge in [-0.3, -0.25) is 9.91 Å². The summed E-state index contributed by atoms with van der Waals surface area (Å²) in [6, 6.07) is 8.51. The first-order valence-electron chi connectivity index (χ1n) is 14.4. The van der Waals surface area contributed by atoms with Gasteiger partial charge in [-0.2, -0.15) is 5.10 Å². The average Bonchev–Trinajstić information content (AvgIpc) is 3.82. The molecule has 0 saturated carbocycles. The van der Waals surface area contributed by atoms with Gasteiger partial charge in [0.1, 0.15) is 49.3 Å². The van der Waals surface area contributed by atoms with Crippen molar-refractivity contribution >= 4 is 48.2 Å². The molecular formula is C28H32F2IN9O7. The van der Waals surface area contributed by atoms with Gasteiger partial charge in [0.05, 0.1) is 24.9 Å². The van der Waals surface area contributed by atoms with Crippen LogP contribution >= 0.6 is 24.0 Å². The minimum absolute atomic E-state index is 0. The molecule has 0 aliphatic carbocycles. The van der Waals surface area contributed by atoms with Crippen LogP contribution in [-0.2, 0) is 24.8 Å². The first-order valence-corrected chi connectivity index (χ1v) is 14.4. The van der Waals surface area contributed by atoms with Gasteiger partial charge in [0.15, 0.2) is 6.73 Å². The maximum Gasteiger partial charge on any atom is 0.510 e. The van der Waals surface area contributed by atoms with Crippen molar-refractivity contribution in [2.45, 2.75) is 31.1 Å². The lowest BCUT2D eigenvalue weighted by atomic mass is 9.85. The molecule has 2 fully saturated rings. The molecule has 6 rings (SSSR count). The molecule has 0 bridgehead atoms. The lowest BCUT2D eigenvalue weighted by Gasteiger charge is -2.41. The van der Waals surface area contributed by atoms with E-state index in [9.17, 15) is 19.1 Å². The van der Waals surface area contributed by atoms with Crippen LogP contribution in [0.1, 0.15) is 18.9 Å². The fraction of sp³-hybridized carbons (Fsp3) is 0.429. The highest BCUT2D eigenvalue weighted by Crippen LogP contribution is 2.35. The number of urea groups is 1. The van der Waals surface area contributed by atoms with Gasteiger partial charge in [0.25, 0.3) is 0 Å². The van der Waals surface area contributed by atoms with Crippen molar-refractivity contribution in [1.29, 1.82) is 0 Å². The Morgan fingerprint density at radius 2 is 1.94 bits per heavy atom. The van der Waals surface area contributed by atoms with Crippen molar-refractivity contribution in [3.05, 3.63) is 66.0 Å². The van der Waals surface area contributed by atoms with Crippen molar-refractivity contribution in [3.8, 4) is 5.69 Å². The van der Waals surface area contributed by atoms with Gasteiger partial charge in [-0.15, -0.1) is 29.1 Å². The number of ether oxygens (including phenoxy) is 2. The molecule has 2 amide bonds. The highest BCUT2D eigenvalue weighted by Gasteiger charge is 2.47. The zero-order valence-electron chi connectivity index (χ0n) is 25.1. The fourth-order valence-electron chi connectivity index (χ4n) is 5.48. The first kappa shape index (κ1) is 34.1. The number of hydrogen-bond donors (Lipinski definition) is 1. The maximum absolute atomic E-state index is 15.3. The molecule has 47 heavy (non-hydrogen) atoms. The second-order valence-electron chi connectivity index (χ2n) is 10.9. The number of anilines is 1. The Labute approximate surface area is 284 Å². The Hall–Kier alpha value is -4.21. The van der Waals surface area contributed by atoms with Gasteiger partial charge < -0.3 is 24.4 Å². The molecule has 1 aromatic heterocycles. The number of tetrazole rings is 1. The number of carbonyl (C=O) groups excluding carboxylic acids is 2. The second kappa shape index (κ2) is 14.7. The number of aromatic nitrogens is 4. The summed E-state index contributed by atoms with van der Waals surface area (Å²) >= 11 is 0. The standard InChI is InChI=1S/C28H31F2N9O7.HI/c1-19(37-9-10-38(26(37)40)21-3-5-22(6-4-21)39-15-31-33-34-39)28(42,24-7-2-20(29)12-25(24)30)14-36-17-35(16-32-36)18-43-27(41)46-23-8-11-44-45-13-23;/h2-7,12,15-16,19,23,42H,8-11,13-14,17-18H2,1H3;1H/t19-,23?,28-;/m1./s1. The number of aliphatic hydroxyl groups is 1. The number of halogens is 3. The number of hydrazone groups is 1. The third kappa shape index (κ3) is 7.52. The molecule has 1 unspecified atom stereocenters. The molecule has 0 radical (unpaired) electrons. The van der Waals surface area contributed by atoms with Crippen molar-refractivity contribution in [2.75, 3.05) is 51.1 Å². The van der Waals surface area contributed by atoms with Crippen LogP contribution in [-0.4, -0.2) is 117 Å². The summed E-state index contributed by atoms with van der Waals surface area (Å²) in [7, 11) is 0. The number of benzene rings is 2. The molecule has 2 saturated heterocycles. The van der Waals surface area contributed by atoms with Gasteiger partial charge in [-0.25, -0.2) is 32.8 Å². The number of rotatable bonds is 10. The molecular weight excluding hydrogens is 739 g/mol. The monoisotopic (exact) mass is 771 g/mol. The Morgan fingerprint density at radius 1 is 1.15 bits per heavy atom. The smallest absolute Gasteiger partial charge is 0.428 e. The van der Waals surface area contributed by atoms with Gasteiger partial charge in [-0.1, -0.05) is 6.07 Å². The van der Waals surface area contributed by atoms with E-state index in [4.69, 9.17) is 19.2 Å². The zero-order chi connectivity index (χ0) is 32.3. The van der Waals surface area contributed by atoms with E-state index < -0.39 is 41.6 Å². The third-order valence-corrected chi connectivity index (χ3v) is 7.99. The average molecular weight is 772 g/mol. The van der Waals surface area contributed by atoms with Crippen molar-refractivity contribution in [3.63, 3.8) is 0 Å². The van der Waals surface area contributed by atoms with Crippen LogP contribution in [0.3, 0.4) is 0 Å². The molecule has 2 aromatic carbocycles. The van der Waals surface area contributed by atoms with Crippen LogP contribution in [0.4, 0.5) is 24.1 Å². The summed E-state index contributed by atoms with van der Waals surface area (Å²) in [4.78, 5) is 39.9. The Balaban J connectivity index is 0.00000433. The minimum Gasteiger partial charge on any atom is -0.428 e. The minimum atomic E-state index is -2.04. The van der Waals surface area contributed by atoms with E-state index in [1.165, 1.54) is 32.2 Å². The van der Waals surface area contributed by atoms with E-state index in [1.54, 1.807) is 36.1 Å². The van der Waals surface area contributed by atoms with Gasteiger partial charge in [-0.05, 0) is 47.7 Å². The topological polar surface area (TPSA) is 160 Å². The van der Waals surface area contributed by atoms with E-state index >= 15 is 4.39 Å². The molecule has 3 aliphatic heterocycles. The summed E-state index contributed by atoms with van der Waals surface area (Å²) < 4.78 is 41.0. The van der Waals surface area contributed by atoms with Gasteiger partial charge in [0, 0.05) is 36.8 Å². The summed E-state index contributed by atoms with van der Waals surface area (Å²) in [6.45, 7) is 2.07. The van der Waals surface area contributed by atoms with Crippen LogP contribution in [0.25, 0.3) is 5.69 Å². The van der Waals surface area contributed by atoms with Crippen molar-refractivity contribution in [1.82, 2.24) is 35.0 Å². The van der Waals surface area contributed by atoms with E-state index in [1.807, 2.05) is 0 Å². The first-order chi connectivity index (χ1) is 22.2. The van der Waals surface area contributed by atoms with Gasteiger partial charge >= 0.3 is 12.2 Å². The van der Waals surface area contributed by atoms with Crippen LogP contribution in [0.15, 0.2) is 53.9 Å². The Kier molecular flexibility index (Phi) is 10.7. The predicted molar refractivity (Wildman–Crippen MR) is 168 cm³/mol. The van der Waals surface area contributed by atoms with E-state index in [0.29, 0.717) is 37.0 Å². The van der Waals surface area contributed by atoms with Crippen molar-refractivity contribution in [2.24, 2.45) is 5.10 Å². The number of hydrogen-bond acceptors (Lipinski definition) is 13.